The van der Waals surface area contributed by atoms with E-state index in [9.17, 15) is 4.79 Å². The standard InChI is InChI=1S/C16H16N4O3S/c1-3-23-14(21)8-24-10-4-5-11(13(6-10)22-2)15-19-12-7-17-9-18-16(12)20-15/h4-7,9H,3,8H2,1-2H3,(H,17,18,19,20). The zero-order chi connectivity index (χ0) is 16.9. The van der Waals surface area contributed by atoms with Crippen LogP contribution in [0.5, 0.6) is 5.75 Å². The summed E-state index contributed by atoms with van der Waals surface area (Å²) in [6.07, 6.45) is 3.13. The summed E-state index contributed by atoms with van der Waals surface area (Å²) >= 11 is 1.40. The average Bonchev–Trinajstić information content (AvgIpc) is 3.03. The van der Waals surface area contributed by atoms with Gasteiger partial charge in [0.05, 0.1) is 31.2 Å². The Kier molecular flexibility index (Phi) is 4.95. The van der Waals surface area contributed by atoms with Crippen molar-refractivity contribution in [3.63, 3.8) is 0 Å². The van der Waals surface area contributed by atoms with E-state index in [0.717, 1.165) is 16.0 Å². The van der Waals surface area contributed by atoms with Gasteiger partial charge in [-0.15, -0.1) is 11.8 Å². The van der Waals surface area contributed by atoms with Crippen LogP contribution in [0.3, 0.4) is 0 Å². The molecule has 0 radical (unpaired) electrons. The second-order valence-electron chi connectivity index (χ2n) is 4.80. The number of carbonyl (C=O) groups excluding carboxylic acids is 1. The maximum Gasteiger partial charge on any atom is 0.316 e. The van der Waals surface area contributed by atoms with Crippen LogP contribution >= 0.6 is 11.8 Å². The fourth-order valence-corrected chi connectivity index (χ4v) is 2.91. The molecule has 0 atom stereocenters. The van der Waals surface area contributed by atoms with Crippen molar-refractivity contribution in [2.75, 3.05) is 19.5 Å². The first-order valence-corrected chi connectivity index (χ1v) is 8.32. The van der Waals surface area contributed by atoms with Gasteiger partial charge in [0.2, 0.25) is 0 Å². The zero-order valence-corrected chi connectivity index (χ0v) is 14.1. The fourth-order valence-electron chi connectivity index (χ4n) is 2.19. The van der Waals surface area contributed by atoms with Gasteiger partial charge in [-0.25, -0.2) is 15.0 Å². The molecule has 8 heteroatoms. The van der Waals surface area contributed by atoms with E-state index in [4.69, 9.17) is 9.47 Å². The Bertz CT molecular complexity index is 832. The molecule has 0 amide bonds. The predicted octanol–water partition coefficient (Wildman–Crippen LogP) is 2.68. The molecule has 1 N–H and O–H groups in total. The first kappa shape index (κ1) is 16.3. The van der Waals surface area contributed by atoms with Crippen molar-refractivity contribution in [1.29, 1.82) is 0 Å². The summed E-state index contributed by atoms with van der Waals surface area (Å²) < 4.78 is 10.4. The number of H-pyrrole nitrogens is 1. The second kappa shape index (κ2) is 7.31. The summed E-state index contributed by atoms with van der Waals surface area (Å²) in [5.74, 6) is 1.35. The number of imidazole rings is 1. The van der Waals surface area contributed by atoms with Gasteiger partial charge in [-0.05, 0) is 25.1 Å². The number of aromatic amines is 1. The van der Waals surface area contributed by atoms with Crippen LogP contribution in [-0.4, -0.2) is 45.4 Å². The van der Waals surface area contributed by atoms with E-state index in [-0.39, 0.29) is 11.7 Å². The van der Waals surface area contributed by atoms with Crippen molar-refractivity contribution in [3.8, 4) is 17.1 Å². The monoisotopic (exact) mass is 344 g/mol. The number of carbonyl (C=O) groups is 1. The van der Waals surface area contributed by atoms with Crippen LogP contribution in [0, 0.1) is 0 Å². The minimum Gasteiger partial charge on any atom is -0.496 e. The largest absolute Gasteiger partial charge is 0.496 e. The zero-order valence-electron chi connectivity index (χ0n) is 13.3. The minimum atomic E-state index is -0.235. The van der Waals surface area contributed by atoms with Crippen LogP contribution in [0.25, 0.3) is 22.6 Å². The molecule has 0 fully saturated rings. The molecule has 0 bridgehead atoms. The van der Waals surface area contributed by atoms with Crippen molar-refractivity contribution in [3.05, 3.63) is 30.7 Å². The molecule has 0 unspecified atom stereocenters. The van der Waals surface area contributed by atoms with E-state index in [1.165, 1.54) is 18.1 Å². The lowest BCUT2D eigenvalue weighted by molar-refractivity contribution is -0.139. The summed E-state index contributed by atoms with van der Waals surface area (Å²) in [5, 5.41) is 0. The number of thioether (sulfide) groups is 1. The molecule has 0 aliphatic rings. The number of hydrogen-bond acceptors (Lipinski definition) is 7. The van der Waals surface area contributed by atoms with E-state index < -0.39 is 0 Å². The number of fused-ring (bicyclic) bond motifs is 1. The van der Waals surface area contributed by atoms with E-state index >= 15 is 0 Å². The first-order valence-electron chi connectivity index (χ1n) is 7.33. The number of aromatic nitrogens is 4. The Labute approximate surface area is 142 Å². The number of nitrogens with one attached hydrogen (secondary N) is 1. The molecule has 0 aliphatic heterocycles. The van der Waals surface area contributed by atoms with Crippen molar-refractivity contribution in [2.24, 2.45) is 0 Å². The van der Waals surface area contributed by atoms with Gasteiger partial charge in [-0.2, -0.15) is 0 Å². The van der Waals surface area contributed by atoms with Gasteiger partial charge in [0.15, 0.2) is 5.65 Å². The second-order valence-corrected chi connectivity index (χ2v) is 5.85. The Morgan fingerprint density at radius 3 is 3.00 bits per heavy atom. The molecule has 3 rings (SSSR count). The van der Waals surface area contributed by atoms with Crippen molar-refractivity contribution >= 4 is 28.9 Å². The lowest BCUT2D eigenvalue weighted by Gasteiger charge is -2.09. The molecular weight excluding hydrogens is 328 g/mol. The highest BCUT2D eigenvalue weighted by Crippen LogP contribution is 2.33. The van der Waals surface area contributed by atoms with Crippen LogP contribution in [0.4, 0.5) is 0 Å². The predicted molar refractivity (Wildman–Crippen MR) is 91.0 cm³/mol. The summed E-state index contributed by atoms with van der Waals surface area (Å²) in [7, 11) is 1.60. The fraction of sp³-hybridized carbons (Fsp3) is 0.250. The van der Waals surface area contributed by atoms with Gasteiger partial charge in [0.1, 0.15) is 23.4 Å². The SMILES string of the molecule is CCOC(=O)CSc1ccc(-c2nc3ncncc3[nH]2)c(OC)c1. The maximum atomic E-state index is 11.5. The third-order valence-corrected chi connectivity index (χ3v) is 4.22. The lowest BCUT2D eigenvalue weighted by Crippen LogP contribution is -2.06. The van der Waals surface area contributed by atoms with E-state index in [1.807, 2.05) is 18.2 Å². The molecule has 1 aromatic carbocycles. The Balaban J connectivity index is 1.85. The van der Waals surface area contributed by atoms with Gasteiger partial charge < -0.3 is 14.5 Å². The molecule has 0 saturated heterocycles. The summed E-state index contributed by atoms with van der Waals surface area (Å²) in [6, 6.07) is 5.69. The number of nitrogens with zero attached hydrogens (tertiary/aromatic N) is 3. The molecule has 7 nitrogen and oxygen atoms in total. The molecule has 124 valence electrons. The van der Waals surface area contributed by atoms with Gasteiger partial charge in [0.25, 0.3) is 0 Å². The third kappa shape index (κ3) is 3.48. The van der Waals surface area contributed by atoms with Gasteiger partial charge >= 0.3 is 5.97 Å². The minimum absolute atomic E-state index is 0.235. The Hall–Kier alpha value is -2.61. The smallest absolute Gasteiger partial charge is 0.316 e. The highest BCUT2D eigenvalue weighted by Gasteiger charge is 2.13. The number of esters is 1. The van der Waals surface area contributed by atoms with Crippen LogP contribution in [0.1, 0.15) is 6.92 Å². The van der Waals surface area contributed by atoms with Gasteiger partial charge in [-0.3, -0.25) is 4.79 Å². The molecule has 0 aliphatic carbocycles. The Morgan fingerprint density at radius 1 is 1.38 bits per heavy atom. The number of rotatable bonds is 6. The van der Waals surface area contributed by atoms with Crippen molar-refractivity contribution in [1.82, 2.24) is 19.9 Å². The van der Waals surface area contributed by atoms with E-state index in [2.05, 4.69) is 19.9 Å². The summed E-state index contributed by atoms with van der Waals surface area (Å²) in [6.45, 7) is 2.18. The number of methoxy groups -OCH3 is 1. The highest BCUT2D eigenvalue weighted by atomic mass is 32.2. The van der Waals surface area contributed by atoms with E-state index in [1.54, 1.807) is 20.2 Å². The van der Waals surface area contributed by atoms with Crippen LogP contribution in [0.2, 0.25) is 0 Å². The Morgan fingerprint density at radius 2 is 2.25 bits per heavy atom. The highest BCUT2D eigenvalue weighted by molar-refractivity contribution is 8.00. The molecule has 0 saturated carbocycles. The molecule has 0 spiro atoms. The molecule has 3 aromatic rings. The third-order valence-electron chi connectivity index (χ3n) is 3.25. The quantitative estimate of drug-likeness (QED) is 0.543. The van der Waals surface area contributed by atoms with Crippen LogP contribution in [0.15, 0.2) is 35.6 Å². The van der Waals surface area contributed by atoms with Gasteiger partial charge in [-0.1, -0.05) is 0 Å². The normalized spacial score (nSPS) is 10.8. The van der Waals surface area contributed by atoms with Crippen LogP contribution < -0.4 is 4.74 Å². The summed E-state index contributed by atoms with van der Waals surface area (Å²) in [4.78, 5) is 28.1. The van der Waals surface area contributed by atoms with Gasteiger partial charge in [0, 0.05) is 4.90 Å². The van der Waals surface area contributed by atoms with E-state index in [0.29, 0.717) is 23.8 Å². The number of hydrogen-bond donors (Lipinski definition) is 1. The molecular formula is C16H16N4O3S. The first-order chi connectivity index (χ1) is 11.7. The molecule has 24 heavy (non-hydrogen) atoms. The summed E-state index contributed by atoms with van der Waals surface area (Å²) in [5.41, 5.74) is 2.18. The number of ether oxygens (including phenoxy) is 2. The maximum absolute atomic E-state index is 11.5. The lowest BCUT2D eigenvalue weighted by atomic mass is 10.2. The molecule has 2 heterocycles. The number of benzene rings is 1. The van der Waals surface area contributed by atoms with Crippen molar-refractivity contribution in [2.45, 2.75) is 11.8 Å². The topological polar surface area (TPSA) is 90.0 Å². The van der Waals surface area contributed by atoms with Crippen LogP contribution in [-0.2, 0) is 9.53 Å². The van der Waals surface area contributed by atoms with Crippen molar-refractivity contribution < 1.29 is 14.3 Å². The average molecular weight is 344 g/mol. The molecule has 2 aromatic heterocycles.